The highest BCUT2D eigenvalue weighted by atomic mass is 32.2. The van der Waals surface area contributed by atoms with Crippen molar-refractivity contribution >= 4 is 33.0 Å². The minimum Gasteiger partial charge on any atom is -0.458 e. The molecule has 0 N–H and O–H groups in total. The van der Waals surface area contributed by atoms with E-state index in [0.717, 1.165) is 12.8 Å². The van der Waals surface area contributed by atoms with Gasteiger partial charge in [0, 0.05) is 23.0 Å². The molecule has 2 bridgehead atoms. The summed E-state index contributed by atoms with van der Waals surface area (Å²) in [6, 6.07) is 0. The van der Waals surface area contributed by atoms with Gasteiger partial charge >= 0.3 is 5.97 Å². The smallest absolute Gasteiger partial charge is 0.332 e. The van der Waals surface area contributed by atoms with E-state index >= 15 is 0 Å². The maximum absolute atomic E-state index is 12.1. The van der Waals surface area contributed by atoms with Crippen molar-refractivity contribution in [2.24, 2.45) is 23.2 Å². The van der Waals surface area contributed by atoms with Crippen molar-refractivity contribution in [1.29, 1.82) is 0 Å². The van der Waals surface area contributed by atoms with Crippen molar-refractivity contribution in [1.82, 2.24) is 0 Å². The third kappa shape index (κ3) is 3.93. The van der Waals surface area contributed by atoms with Gasteiger partial charge in [0.1, 0.15) is 18.8 Å². The maximum Gasteiger partial charge on any atom is 0.332 e. The van der Waals surface area contributed by atoms with Crippen LogP contribution in [0.5, 0.6) is 0 Å². The van der Waals surface area contributed by atoms with Gasteiger partial charge in [0.15, 0.2) is 5.12 Å². The third-order valence-corrected chi connectivity index (χ3v) is 9.41. The molecule has 3 rings (SSSR count). The van der Waals surface area contributed by atoms with Crippen molar-refractivity contribution in [3.8, 4) is 0 Å². The van der Waals surface area contributed by atoms with Gasteiger partial charge in [-0.25, -0.2) is 4.79 Å². The first-order valence-electron chi connectivity index (χ1n) is 9.45. The van der Waals surface area contributed by atoms with Crippen molar-refractivity contribution in [3.63, 3.8) is 0 Å². The van der Waals surface area contributed by atoms with Crippen LogP contribution < -0.4 is 0 Å². The Kier molecular flexibility index (Phi) is 5.97. The van der Waals surface area contributed by atoms with E-state index in [0.29, 0.717) is 5.75 Å². The van der Waals surface area contributed by atoms with E-state index in [1.54, 1.807) is 0 Å². The highest BCUT2D eigenvalue weighted by molar-refractivity contribution is 8.13. The van der Waals surface area contributed by atoms with Crippen molar-refractivity contribution in [2.75, 3.05) is 19.0 Å². The van der Waals surface area contributed by atoms with Crippen LogP contribution in [0, 0.1) is 23.2 Å². The summed E-state index contributed by atoms with van der Waals surface area (Å²) in [6.07, 6.45) is 0.430. The molecule has 0 aromatic heterocycles. The van der Waals surface area contributed by atoms with Crippen LogP contribution in [-0.2, 0) is 33.4 Å². The summed E-state index contributed by atoms with van der Waals surface area (Å²) in [5.41, 5.74) is -0.360. The predicted octanol–water partition coefficient (Wildman–Crippen LogP) is 1.99. The van der Waals surface area contributed by atoms with E-state index in [1.807, 2.05) is 27.7 Å². The Labute approximate surface area is 165 Å². The molecule has 1 saturated heterocycles. The first-order valence-corrected chi connectivity index (χ1v) is 11.9. The predicted molar refractivity (Wildman–Crippen MR) is 101 cm³/mol. The van der Waals surface area contributed by atoms with Gasteiger partial charge < -0.3 is 9.47 Å². The van der Waals surface area contributed by atoms with Gasteiger partial charge in [-0.15, -0.1) is 0 Å². The third-order valence-electron chi connectivity index (χ3n) is 6.29. The lowest BCUT2D eigenvalue weighted by Gasteiger charge is -2.29. The van der Waals surface area contributed by atoms with Gasteiger partial charge in [-0.05, 0) is 18.8 Å². The highest BCUT2D eigenvalue weighted by Crippen LogP contribution is 2.58. The van der Waals surface area contributed by atoms with Crippen LogP contribution >= 0.6 is 11.8 Å². The molecule has 7 nitrogen and oxygen atoms in total. The summed E-state index contributed by atoms with van der Waals surface area (Å²) < 4.78 is 40.3. The Morgan fingerprint density at radius 3 is 2.63 bits per heavy atom. The molecule has 2 aliphatic carbocycles. The first kappa shape index (κ1) is 21.1. The zero-order valence-corrected chi connectivity index (χ0v) is 17.8. The summed E-state index contributed by atoms with van der Waals surface area (Å²) >= 11 is 1.21. The second kappa shape index (κ2) is 7.65. The monoisotopic (exact) mass is 420 g/mol. The fourth-order valence-corrected chi connectivity index (χ4v) is 7.42. The average Bonchev–Trinajstić information content (AvgIpc) is 3.17. The highest BCUT2D eigenvalue weighted by Gasteiger charge is 2.68. The number of thioether (sulfide) groups is 1. The van der Waals surface area contributed by atoms with Crippen LogP contribution in [-0.4, -0.2) is 55.9 Å². The molecule has 2 saturated carbocycles. The minimum atomic E-state index is -3.55. The number of rotatable bonds is 8. The van der Waals surface area contributed by atoms with Crippen LogP contribution in [0.25, 0.3) is 0 Å². The molecule has 3 aliphatic rings. The van der Waals surface area contributed by atoms with Gasteiger partial charge in [0.2, 0.25) is 0 Å². The van der Waals surface area contributed by atoms with Crippen molar-refractivity contribution < 1.29 is 31.7 Å². The fraction of sp³-hybridized carbons (Fsp3) is 0.889. The zero-order chi connectivity index (χ0) is 20.0. The normalized spacial score (nSPS) is 36.1. The number of esters is 1. The van der Waals surface area contributed by atoms with Crippen molar-refractivity contribution in [2.45, 2.75) is 58.0 Å². The largest absolute Gasteiger partial charge is 0.458 e. The molecule has 0 amide bonds. The molecule has 0 radical (unpaired) electrons. The van der Waals surface area contributed by atoms with Crippen LogP contribution in [0.4, 0.5) is 0 Å². The Morgan fingerprint density at radius 2 is 1.96 bits per heavy atom. The molecule has 0 aromatic rings. The number of hydrogen-bond acceptors (Lipinski definition) is 8. The van der Waals surface area contributed by atoms with Crippen LogP contribution in [0.3, 0.4) is 0 Å². The SMILES string of the molecule is CCC(C)(C)C(=O)SCCOCC(=O)OC1C2CC3C1OS(=O)(=O)C3C2C. The lowest BCUT2D eigenvalue weighted by molar-refractivity contribution is -0.162. The second-order valence-electron chi connectivity index (χ2n) is 8.32. The van der Waals surface area contributed by atoms with Gasteiger partial charge in [-0.2, -0.15) is 8.42 Å². The van der Waals surface area contributed by atoms with E-state index in [-0.39, 0.29) is 41.5 Å². The number of carbonyl (C=O) groups is 2. The molecule has 0 spiro atoms. The first-order chi connectivity index (χ1) is 12.6. The number of carbonyl (C=O) groups excluding carboxylic acids is 2. The zero-order valence-electron chi connectivity index (χ0n) is 16.2. The average molecular weight is 421 g/mol. The van der Waals surface area contributed by atoms with Gasteiger partial charge in [0.25, 0.3) is 10.1 Å². The summed E-state index contributed by atoms with van der Waals surface area (Å²) in [6.45, 7) is 7.75. The molecule has 1 aliphatic heterocycles. The lowest BCUT2D eigenvalue weighted by Crippen LogP contribution is -2.42. The summed E-state index contributed by atoms with van der Waals surface area (Å²) in [5.74, 6) is -0.156. The molecule has 27 heavy (non-hydrogen) atoms. The summed E-state index contributed by atoms with van der Waals surface area (Å²) in [4.78, 5) is 24.1. The Balaban J connectivity index is 1.41. The van der Waals surface area contributed by atoms with Gasteiger partial charge in [-0.3, -0.25) is 8.98 Å². The quantitative estimate of drug-likeness (QED) is 0.334. The Bertz CT molecular complexity index is 702. The summed E-state index contributed by atoms with van der Waals surface area (Å²) in [5, 5.41) is -0.345. The van der Waals surface area contributed by atoms with Crippen LogP contribution in [0.2, 0.25) is 0 Å². The molecule has 0 aromatic carbocycles. The summed E-state index contributed by atoms with van der Waals surface area (Å²) in [7, 11) is -3.55. The Morgan fingerprint density at radius 1 is 1.26 bits per heavy atom. The van der Waals surface area contributed by atoms with Crippen LogP contribution in [0.15, 0.2) is 0 Å². The molecular weight excluding hydrogens is 392 g/mol. The van der Waals surface area contributed by atoms with Gasteiger partial charge in [0.05, 0.1) is 11.9 Å². The number of ether oxygens (including phenoxy) is 2. The molecule has 154 valence electrons. The van der Waals surface area contributed by atoms with E-state index in [4.69, 9.17) is 13.7 Å². The second-order valence-corrected chi connectivity index (χ2v) is 11.1. The van der Waals surface area contributed by atoms with Crippen molar-refractivity contribution in [3.05, 3.63) is 0 Å². The minimum absolute atomic E-state index is 0.0238. The molecule has 3 fully saturated rings. The molecule has 9 heteroatoms. The molecular formula is C18H28O7S2. The van der Waals surface area contributed by atoms with E-state index in [9.17, 15) is 18.0 Å². The van der Waals surface area contributed by atoms with E-state index in [1.165, 1.54) is 11.8 Å². The Hall–Kier alpha value is -0.640. The standard InChI is InChI=1S/C18H28O7S2/c1-5-18(3,4)17(20)26-7-6-23-9-13(19)24-14-11-8-12-15(14)25-27(21,22)16(12)10(11)2/h10-12,14-16H,5-9H2,1-4H3. The number of fused-ring (bicyclic) bond motifs is 1. The van der Waals surface area contributed by atoms with E-state index in [2.05, 4.69) is 0 Å². The van der Waals surface area contributed by atoms with Crippen LogP contribution in [0.1, 0.15) is 40.5 Å². The number of hydrogen-bond donors (Lipinski definition) is 0. The molecule has 6 atom stereocenters. The molecule has 6 unspecified atom stereocenters. The lowest BCUT2D eigenvalue weighted by atomic mass is 9.86. The topological polar surface area (TPSA) is 96.0 Å². The molecule has 1 heterocycles. The van der Waals surface area contributed by atoms with E-state index < -0.39 is 33.5 Å². The fourth-order valence-electron chi connectivity index (χ4n) is 4.39. The van der Waals surface area contributed by atoms with Gasteiger partial charge in [-0.1, -0.05) is 39.5 Å². The maximum atomic E-state index is 12.1.